The van der Waals surface area contributed by atoms with Crippen LogP contribution in [0.2, 0.25) is 0 Å². The zero-order chi connectivity index (χ0) is 22.0. The number of methoxy groups -OCH3 is 1. The van der Waals surface area contributed by atoms with Gasteiger partial charge in [-0.15, -0.1) is 0 Å². The normalized spacial score (nSPS) is 14.8. The van der Waals surface area contributed by atoms with Crippen molar-refractivity contribution in [1.82, 2.24) is 5.32 Å². The van der Waals surface area contributed by atoms with Crippen molar-refractivity contribution < 1.29 is 18.7 Å². The molecule has 3 aromatic rings. The molecule has 0 aromatic heterocycles. The van der Waals surface area contributed by atoms with Crippen LogP contribution in [0, 0.1) is 5.82 Å². The second-order valence-corrected chi connectivity index (χ2v) is 7.61. The van der Waals surface area contributed by atoms with Gasteiger partial charge in [0.2, 0.25) is 0 Å². The molecule has 6 heteroatoms. The molecule has 0 aliphatic carbocycles. The van der Waals surface area contributed by atoms with Crippen LogP contribution in [0.3, 0.4) is 0 Å². The van der Waals surface area contributed by atoms with Crippen LogP contribution in [0.1, 0.15) is 38.8 Å². The van der Waals surface area contributed by atoms with Crippen molar-refractivity contribution in [1.29, 1.82) is 0 Å². The van der Waals surface area contributed by atoms with E-state index >= 15 is 0 Å². The minimum atomic E-state index is -0.452. The number of halogens is 1. The number of rotatable bonds is 5. The van der Waals surface area contributed by atoms with Gasteiger partial charge in [-0.1, -0.05) is 18.2 Å². The molecule has 1 aliphatic rings. The first kappa shape index (κ1) is 20.6. The Morgan fingerprint density at radius 1 is 1.06 bits per heavy atom. The number of carbonyl (C=O) groups excluding carboxylic acids is 2. The minimum absolute atomic E-state index is 0.0294. The second-order valence-electron chi connectivity index (χ2n) is 7.61. The summed E-state index contributed by atoms with van der Waals surface area (Å²) in [5.74, 6) is -0.177. The lowest BCUT2D eigenvalue weighted by molar-refractivity contribution is 0.0948. The Morgan fingerprint density at radius 3 is 2.55 bits per heavy atom. The molecule has 0 bridgehead atoms. The van der Waals surface area contributed by atoms with Crippen LogP contribution in [-0.2, 0) is 13.0 Å². The molecule has 5 nitrogen and oxygen atoms in total. The van der Waals surface area contributed by atoms with Crippen LogP contribution in [0.5, 0.6) is 5.75 Å². The topological polar surface area (TPSA) is 58.6 Å². The Balaban J connectivity index is 1.52. The van der Waals surface area contributed by atoms with E-state index in [9.17, 15) is 14.0 Å². The number of nitrogens with one attached hydrogen (secondary N) is 1. The average molecular weight is 418 g/mol. The summed E-state index contributed by atoms with van der Waals surface area (Å²) in [6.07, 6.45) is 0.771. The van der Waals surface area contributed by atoms with Gasteiger partial charge in [0.05, 0.1) is 7.11 Å². The number of hydrogen-bond donors (Lipinski definition) is 1. The van der Waals surface area contributed by atoms with Crippen molar-refractivity contribution in [3.63, 3.8) is 0 Å². The van der Waals surface area contributed by atoms with Crippen LogP contribution in [0.15, 0.2) is 66.7 Å². The van der Waals surface area contributed by atoms with Crippen LogP contribution in [0.4, 0.5) is 10.1 Å². The monoisotopic (exact) mass is 418 g/mol. The predicted octanol–water partition coefficient (Wildman–Crippen LogP) is 4.36. The van der Waals surface area contributed by atoms with Crippen LogP contribution in [-0.4, -0.2) is 25.0 Å². The third-order valence-corrected chi connectivity index (χ3v) is 5.46. The Morgan fingerprint density at radius 2 is 1.84 bits per heavy atom. The maximum atomic E-state index is 13.4. The summed E-state index contributed by atoms with van der Waals surface area (Å²) in [4.78, 5) is 27.3. The van der Waals surface area contributed by atoms with E-state index in [2.05, 4.69) is 5.32 Å². The van der Waals surface area contributed by atoms with Gasteiger partial charge in [0.1, 0.15) is 11.6 Å². The molecule has 1 N–H and O–H groups in total. The zero-order valence-electron chi connectivity index (χ0n) is 17.4. The summed E-state index contributed by atoms with van der Waals surface area (Å²) in [6, 6.07) is 18.5. The maximum absolute atomic E-state index is 13.4. The lowest BCUT2D eigenvalue weighted by atomic mass is 10.1. The van der Waals surface area contributed by atoms with E-state index in [0.717, 1.165) is 23.2 Å². The highest BCUT2D eigenvalue weighted by atomic mass is 19.1. The van der Waals surface area contributed by atoms with Gasteiger partial charge in [-0.25, -0.2) is 4.39 Å². The first-order chi connectivity index (χ1) is 15.0. The van der Waals surface area contributed by atoms with Gasteiger partial charge in [0.15, 0.2) is 0 Å². The Bertz CT molecular complexity index is 1130. The molecule has 31 heavy (non-hydrogen) atoms. The number of fused-ring (bicyclic) bond motifs is 1. The van der Waals surface area contributed by atoms with Gasteiger partial charge in [-0.2, -0.15) is 0 Å². The fraction of sp³-hybridized carbons (Fsp3) is 0.200. The third kappa shape index (κ3) is 4.28. The molecular weight excluding hydrogens is 395 g/mol. The average Bonchev–Trinajstić information content (AvgIpc) is 3.12. The van der Waals surface area contributed by atoms with E-state index in [0.29, 0.717) is 11.3 Å². The molecule has 1 heterocycles. The highest BCUT2D eigenvalue weighted by Crippen LogP contribution is 2.34. The quantitative estimate of drug-likeness (QED) is 0.670. The number of benzene rings is 3. The standard InChI is InChI=1S/C25H23FN2O3/c1-16-12-19-7-6-17(15-27-24(29)20-4-3-5-21(26)14-20)13-23(19)28(16)25(30)18-8-10-22(31-2)11-9-18/h3-11,13-14,16H,12,15H2,1-2H3,(H,27,29)/t16-/m1/s1. The first-order valence-electron chi connectivity index (χ1n) is 10.1. The SMILES string of the molecule is COc1ccc(C(=O)N2c3cc(CNC(=O)c4cccc(F)c4)ccc3C[C@H]2C)cc1. The van der Waals surface area contributed by atoms with Gasteiger partial charge < -0.3 is 15.0 Å². The molecule has 1 atom stereocenters. The molecule has 0 unspecified atom stereocenters. The van der Waals surface area contributed by atoms with Gasteiger partial charge in [-0.05, 0) is 73.0 Å². The molecule has 1 aliphatic heterocycles. The number of amides is 2. The number of ether oxygens (including phenoxy) is 1. The highest BCUT2D eigenvalue weighted by molar-refractivity contribution is 6.07. The van der Waals surface area contributed by atoms with Crippen molar-refractivity contribution >= 4 is 17.5 Å². The van der Waals surface area contributed by atoms with E-state index in [1.165, 1.54) is 18.2 Å². The van der Waals surface area contributed by atoms with Crippen molar-refractivity contribution in [2.24, 2.45) is 0 Å². The van der Waals surface area contributed by atoms with E-state index in [-0.39, 0.29) is 30.0 Å². The van der Waals surface area contributed by atoms with Gasteiger partial charge in [0, 0.05) is 29.4 Å². The van der Waals surface area contributed by atoms with E-state index < -0.39 is 5.82 Å². The molecule has 0 radical (unpaired) electrons. The van der Waals surface area contributed by atoms with E-state index in [1.54, 1.807) is 42.3 Å². The predicted molar refractivity (Wildman–Crippen MR) is 117 cm³/mol. The highest BCUT2D eigenvalue weighted by Gasteiger charge is 2.31. The fourth-order valence-electron chi connectivity index (χ4n) is 3.86. The molecule has 4 rings (SSSR count). The fourth-order valence-corrected chi connectivity index (χ4v) is 3.86. The van der Waals surface area contributed by atoms with E-state index in [4.69, 9.17) is 4.74 Å². The summed E-state index contributed by atoms with van der Waals surface area (Å²) in [5, 5.41) is 2.81. The Kier molecular flexibility index (Phi) is 5.71. The molecule has 158 valence electrons. The maximum Gasteiger partial charge on any atom is 0.258 e. The summed E-state index contributed by atoms with van der Waals surface area (Å²) in [6.45, 7) is 2.30. The number of anilines is 1. The molecule has 2 amide bonds. The van der Waals surface area contributed by atoms with Gasteiger partial charge in [-0.3, -0.25) is 9.59 Å². The Labute approximate surface area is 180 Å². The summed E-state index contributed by atoms with van der Waals surface area (Å²) < 4.78 is 18.5. The largest absolute Gasteiger partial charge is 0.497 e. The zero-order valence-corrected chi connectivity index (χ0v) is 17.4. The number of nitrogens with zero attached hydrogens (tertiary/aromatic N) is 1. The molecule has 0 fully saturated rings. The first-order valence-corrected chi connectivity index (χ1v) is 10.1. The van der Waals surface area contributed by atoms with Crippen molar-refractivity contribution in [3.8, 4) is 5.75 Å². The smallest absolute Gasteiger partial charge is 0.258 e. The van der Waals surface area contributed by atoms with E-state index in [1.807, 2.05) is 25.1 Å². The molecule has 0 spiro atoms. The summed E-state index contributed by atoms with van der Waals surface area (Å²) in [5.41, 5.74) is 3.67. The molecule has 3 aromatic carbocycles. The molecular formula is C25H23FN2O3. The number of hydrogen-bond acceptors (Lipinski definition) is 3. The van der Waals surface area contributed by atoms with Gasteiger partial charge >= 0.3 is 0 Å². The third-order valence-electron chi connectivity index (χ3n) is 5.46. The minimum Gasteiger partial charge on any atom is -0.497 e. The second kappa shape index (κ2) is 8.60. The van der Waals surface area contributed by atoms with Crippen molar-refractivity contribution in [2.45, 2.75) is 25.9 Å². The Hall–Kier alpha value is -3.67. The van der Waals surface area contributed by atoms with Crippen LogP contribution in [0.25, 0.3) is 0 Å². The van der Waals surface area contributed by atoms with Crippen molar-refractivity contribution in [3.05, 3.63) is 94.8 Å². The lowest BCUT2D eigenvalue weighted by Crippen LogP contribution is -2.35. The van der Waals surface area contributed by atoms with Gasteiger partial charge in [0.25, 0.3) is 11.8 Å². The van der Waals surface area contributed by atoms with Crippen molar-refractivity contribution in [2.75, 3.05) is 12.0 Å². The molecule has 0 saturated carbocycles. The molecule has 0 saturated heterocycles. The van der Waals surface area contributed by atoms with Crippen LogP contribution >= 0.6 is 0 Å². The number of carbonyl (C=O) groups is 2. The van der Waals surface area contributed by atoms with Crippen LogP contribution < -0.4 is 15.0 Å². The summed E-state index contributed by atoms with van der Waals surface area (Å²) >= 11 is 0. The summed E-state index contributed by atoms with van der Waals surface area (Å²) in [7, 11) is 1.59. The lowest BCUT2D eigenvalue weighted by Gasteiger charge is -2.23.